The summed E-state index contributed by atoms with van der Waals surface area (Å²) >= 11 is 0. The van der Waals surface area contributed by atoms with Crippen molar-refractivity contribution in [2.45, 2.75) is 39.4 Å². The van der Waals surface area contributed by atoms with E-state index in [1.165, 1.54) is 13.8 Å². The minimum atomic E-state index is -4.68. The van der Waals surface area contributed by atoms with Gasteiger partial charge < -0.3 is 19.7 Å². The molecule has 0 saturated carbocycles. The van der Waals surface area contributed by atoms with Gasteiger partial charge in [-0.15, -0.1) is 0 Å². The minimum absolute atomic E-state index is 0.0327. The highest BCUT2D eigenvalue weighted by molar-refractivity contribution is 5.77. The molecule has 0 radical (unpaired) electrons. The van der Waals surface area contributed by atoms with Crippen LogP contribution >= 0.6 is 0 Å². The highest BCUT2D eigenvalue weighted by Gasteiger charge is 2.32. The van der Waals surface area contributed by atoms with Crippen molar-refractivity contribution in [1.82, 2.24) is 9.97 Å². The molecule has 0 aliphatic rings. The third-order valence-corrected chi connectivity index (χ3v) is 4.09. The van der Waals surface area contributed by atoms with Crippen LogP contribution in [0.2, 0.25) is 0 Å². The number of hydrogen-bond acceptors (Lipinski definition) is 6. The van der Waals surface area contributed by atoms with Crippen molar-refractivity contribution in [3.8, 4) is 22.6 Å². The maximum Gasteiger partial charge on any atom is 0.422 e. The van der Waals surface area contributed by atoms with E-state index in [-0.39, 0.29) is 45.1 Å². The molecule has 6 nitrogen and oxygen atoms in total. The van der Waals surface area contributed by atoms with Crippen LogP contribution in [-0.4, -0.2) is 45.7 Å². The molecule has 0 saturated heterocycles. The van der Waals surface area contributed by atoms with Gasteiger partial charge in [-0.05, 0) is 13.8 Å². The quantitative estimate of drug-likeness (QED) is 0.640. The molecule has 0 aliphatic carbocycles. The van der Waals surface area contributed by atoms with Gasteiger partial charge in [0.15, 0.2) is 13.2 Å². The number of aromatic nitrogens is 2. The lowest BCUT2D eigenvalue weighted by atomic mass is 10.0. The van der Waals surface area contributed by atoms with Gasteiger partial charge in [0, 0.05) is 34.6 Å². The Morgan fingerprint density at radius 3 is 1.33 bits per heavy atom. The van der Waals surface area contributed by atoms with Crippen LogP contribution in [0.5, 0.6) is 11.5 Å². The second-order valence-corrected chi connectivity index (χ2v) is 6.27. The first-order chi connectivity index (χ1) is 13.9. The topological polar surface area (TPSA) is 84.7 Å². The fourth-order valence-electron chi connectivity index (χ4n) is 2.64. The molecule has 2 N–H and O–H groups in total. The van der Waals surface area contributed by atoms with Crippen molar-refractivity contribution < 1.29 is 46.0 Å². The molecule has 166 valence electrons. The van der Waals surface area contributed by atoms with Gasteiger partial charge in [0.2, 0.25) is 0 Å². The Kier molecular flexibility index (Phi) is 7.14. The first-order valence-electron chi connectivity index (χ1n) is 8.46. The number of nitrogens with zero attached hydrogens (tertiary/aromatic N) is 2. The van der Waals surface area contributed by atoms with Gasteiger partial charge in [0.25, 0.3) is 0 Å². The van der Waals surface area contributed by atoms with Crippen molar-refractivity contribution in [3.63, 3.8) is 0 Å². The zero-order valence-electron chi connectivity index (χ0n) is 15.9. The second kappa shape index (κ2) is 9.04. The number of alkyl halides is 6. The molecule has 0 bridgehead atoms. The van der Waals surface area contributed by atoms with Crippen molar-refractivity contribution in [2.24, 2.45) is 0 Å². The average molecular weight is 440 g/mol. The average Bonchev–Trinajstić information content (AvgIpc) is 2.64. The third kappa shape index (κ3) is 5.72. The Hall–Kier alpha value is -2.60. The van der Waals surface area contributed by atoms with Gasteiger partial charge in [-0.2, -0.15) is 26.3 Å². The van der Waals surface area contributed by atoms with Crippen LogP contribution < -0.4 is 9.47 Å². The standard InChI is InChI=1S/C18H18F6N2O4/c1-9-13(5-27)25-3-11(15(9)29-7-17(19,20)21)12-4-26-14(6-28)10(2)16(12)30-8-18(22,23)24/h3-4,27-28H,5-8H2,1-2H3. The SMILES string of the molecule is Cc1c(CO)ncc(-c2cnc(CO)c(C)c2OCC(F)(F)F)c1OCC(F)(F)F. The van der Waals surface area contributed by atoms with Crippen LogP contribution in [0.15, 0.2) is 12.4 Å². The predicted octanol–water partition coefficient (Wildman–Crippen LogP) is 3.63. The van der Waals surface area contributed by atoms with Crippen LogP contribution in [0.1, 0.15) is 22.5 Å². The summed E-state index contributed by atoms with van der Waals surface area (Å²) in [5.41, 5.74) is 0.00272. The van der Waals surface area contributed by atoms with E-state index in [4.69, 9.17) is 9.47 Å². The second-order valence-electron chi connectivity index (χ2n) is 6.27. The van der Waals surface area contributed by atoms with E-state index in [9.17, 15) is 36.6 Å². The molecule has 0 spiro atoms. The lowest BCUT2D eigenvalue weighted by Crippen LogP contribution is -2.21. The number of aliphatic hydroxyl groups is 2. The summed E-state index contributed by atoms with van der Waals surface area (Å²) in [6.07, 6.45) is -7.26. The zero-order valence-corrected chi connectivity index (χ0v) is 15.9. The molecule has 30 heavy (non-hydrogen) atoms. The number of halogens is 6. The van der Waals surface area contributed by atoms with E-state index in [0.717, 1.165) is 12.4 Å². The van der Waals surface area contributed by atoms with E-state index >= 15 is 0 Å². The molecule has 2 aromatic heterocycles. The molecule has 2 aromatic rings. The molecule has 0 fully saturated rings. The van der Waals surface area contributed by atoms with E-state index in [2.05, 4.69) is 9.97 Å². The fraction of sp³-hybridized carbons (Fsp3) is 0.444. The van der Waals surface area contributed by atoms with Crippen LogP contribution in [-0.2, 0) is 13.2 Å². The van der Waals surface area contributed by atoms with Crippen molar-refractivity contribution in [1.29, 1.82) is 0 Å². The molecule has 0 aromatic carbocycles. The normalized spacial score (nSPS) is 12.2. The largest absolute Gasteiger partial charge is 0.483 e. The summed E-state index contributed by atoms with van der Waals surface area (Å²) in [5.74, 6) is -0.664. The molecule has 0 unspecified atom stereocenters. The van der Waals surface area contributed by atoms with E-state index in [1.807, 2.05) is 0 Å². The Labute approximate surface area is 167 Å². The molecule has 0 aliphatic heterocycles. The fourth-order valence-corrected chi connectivity index (χ4v) is 2.64. The molecule has 2 heterocycles. The Morgan fingerprint density at radius 1 is 0.733 bits per heavy atom. The number of ether oxygens (including phenoxy) is 2. The first kappa shape index (κ1) is 23.7. The van der Waals surface area contributed by atoms with E-state index in [0.29, 0.717) is 0 Å². The molecule has 12 heteroatoms. The maximum absolute atomic E-state index is 12.7. The number of rotatable bonds is 7. The van der Waals surface area contributed by atoms with E-state index in [1.54, 1.807) is 0 Å². The monoisotopic (exact) mass is 440 g/mol. The van der Waals surface area contributed by atoms with Gasteiger partial charge in [0.1, 0.15) is 11.5 Å². The molecule has 0 amide bonds. The first-order valence-corrected chi connectivity index (χ1v) is 8.46. The highest BCUT2D eigenvalue weighted by atomic mass is 19.4. The summed E-state index contributed by atoms with van der Waals surface area (Å²) in [6, 6.07) is 0. The number of aliphatic hydroxyl groups excluding tert-OH is 2. The van der Waals surface area contributed by atoms with Crippen molar-refractivity contribution >= 4 is 0 Å². The summed E-state index contributed by atoms with van der Waals surface area (Å²) in [6.45, 7) is -1.82. The van der Waals surface area contributed by atoms with Gasteiger partial charge in [-0.3, -0.25) is 9.97 Å². The lowest BCUT2D eigenvalue weighted by molar-refractivity contribution is -0.154. The Bertz CT molecular complexity index is 826. The lowest BCUT2D eigenvalue weighted by Gasteiger charge is -2.21. The van der Waals surface area contributed by atoms with E-state index < -0.39 is 38.8 Å². The molecular weight excluding hydrogens is 422 g/mol. The summed E-state index contributed by atoms with van der Waals surface area (Å²) in [7, 11) is 0. The predicted molar refractivity (Wildman–Crippen MR) is 91.9 cm³/mol. The third-order valence-electron chi connectivity index (χ3n) is 4.09. The van der Waals surface area contributed by atoms with Crippen LogP contribution in [0.3, 0.4) is 0 Å². The minimum Gasteiger partial charge on any atom is -0.483 e. The summed E-state index contributed by atoms with van der Waals surface area (Å²) < 4.78 is 86.0. The van der Waals surface area contributed by atoms with Gasteiger partial charge >= 0.3 is 12.4 Å². The van der Waals surface area contributed by atoms with Gasteiger partial charge in [0.05, 0.1) is 24.6 Å². The van der Waals surface area contributed by atoms with Gasteiger partial charge in [-0.1, -0.05) is 0 Å². The van der Waals surface area contributed by atoms with Crippen LogP contribution in [0.25, 0.3) is 11.1 Å². The van der Waals surface area contributed by atoms with Crippen LogP contribution in [0.4, 0.5) is 26.3 Å². The zero-order chi connectivity index (χ0) is 22.7. The molecule has 2 rings (SSSR count). The van der Waals surface area contributed by atoms with Crippen LogP contribution in [0, 0.1) is 13.8 Å². The Balaban J connectivity index is 2.66. The van der Waals surface area contributed by atoms with Gasteiger partial charge in [-0.25, -0.2) is 0 Å². The number of pyridine rings is 2. The highest BCUT2D eigenvalue weighted by Crippen LogP contribution is 2.41. The summed E-state index contributed by atoms with van der Waals surface area (Å²) in [4.78, 5) is 7.87. The smallest absolute Gasteiger partial charge is 0.422 e. The van der Waals surface area contributed by atoms with Crippen molar-refractivity contribution in [2.75, 3.05) is 13.2 Å². The van der Waals surface area contributed by atoms with Crippen molar-refractivity contribution in [3.05, 3.63) is 34.9 Å². The molecule has 0 atom stereocenters. The Morgan fingerprint density at radius 2 is 1.07 bits per heavy atom. The molecular formula is C18H18F6N2O4. The number of hydrogen-bond donors (Lipinski definition) is 2. The summed E-state index contributed by atoms with van der Waals surface area (Å²) in [5, 5.41) is 18.7. The maximum atomic E-state index is 12.7.